The molecule has 1 amide bonds. The van der Waals surface area contributed by atoms with Crippen LogP contribution in [0.2, 0.25) is 0 Å². The Morgan fingerprint density at radius 3 is 2.29 bits per heavy atom. The van der Waals surface area contributed by atoms with Crippen molar-refractivity contribution >= 4 is 21.6 Å². The highest BCUT2D eigenvalue weighted by molar-refractivity contribution is 7.89. The normalized spacial score (nSPS) is 12.6. The number of hydrogen-bond acceptors (Lipinski definition) is 3. The van der Waals surface area contributed by atoms with Crippen molar-refractivity contribution in [2.75, 3.05) is 5.32 Å². The van der Waals surface area contributed by atoms with Gasteiger partial charge in [0, 0.05) is 17.3 Å². The summed E-state index contributed by atoms with van der Waals surface area (Å²) in [5.41, 5.74) is 2.02. The number of amides is 1. The monoisotopic (exact) mass is 346 g/mol. The van der Waals surface area contributed by atoms with Crippen molar-refractivity contribution in [1.29, 1.82) is 0 Å². The van der Waals surface area contributed by atoms with E-state index in [9.17, 15) is 13.2 Å². The van der Waals surface area contributed by atoms with Gasteiger partial charge in [0.1, 0.15) is 0 Å². The van der Waals surface area contributed by atoms with Crippen molar-refractivity contribution in [2.45, 2.75) is 38.1 Å². The predicted molar refractivity (Wildman–Crippen MR) is 95.6 cm³/mol. The first kappa shape index (κ1) is 18.2. The van der Waals surface area contributed by atoms with E-state index in [2.05, 4.69) is 10.0 Å². The van der Waals surface area contributed by atoms with Gasteiger partial charge in [0.2, 0.25) is 10.0 Å². The Balaban J connectivity index is 2.13. The minimum absolute atomic E-state index is 0.129. The molecule has 0 fully saturated rings. The molecule has 1 unspecified atom stereocenters. The molecule has 24 heavy (non-hydrogen) atoms. The van der Waals surface area contributed by atoms with E-state index in [-0.39, 0.29) is 16.8 Å². The van der Waals surface area contributed by atoms with Crippen LogP contribution in [0.15, 0.2) is 53.4 Å². The average molecular weight is 346 g/mol. The Hall–Kier alpha value is -2.18. The summed E-state index contributed by atoms with van der Waals surface area (Å²) in [6, 6.07) is 13.3. The molecule has 0 saturated carbocycles. The van der Waals surface area contributed by atoms with Gasteiger partial charge in [-0.3, -0.25) is 4.79 Å². The number of hydrogen-bond donors (Lipinski definition) is 2. The molecule has 2 aromatic carbocycles. The fraction of sp³-hybridized carbons (Fsp3) is 0.278. The fourth-order valence-electron chi connectivity index (χ4n) is 2.16. The SMILES string of the molecule is CCC(C)NS(=O)(=O)c1ccc(NC(=O)c2ccccc2C)cc1. The molecule has 0 bridgehead atoms. The van der Waals surface area contributed by atoms with Crippen LogP contribution < -0.4 is 10.0 Å². The van der Waals surface area contributed by atoms with Crippen molar-refractivity contribution in [2.24, 2.45) is 0 Å². The molecule has 2 aromatic rings. The van der Waals surface area contributed by atoms with Gasteiger partial charge in [-0.25, -0.2) is 13.1 Å². The summed E-state index contributed by atoms with van der Waals surface area (Å²) in [7, 11) is -3.54. The van der Waals surface area contributed by atoms with Gasteiger partial charge < -0.3 is 5.32 Å². The maximum absolute atomic E-state index is 12.3. The Labute approximate surface area is 143 Å². The predicted octanol–water partition coefficient (Wildman–Crippen LogP) is 3.32. The summed E-state index contributed by atoms with van der Waals surface area (Å²) in [6.45, 7) is 5.59. The van der Waals surface area contributed by atoms with Crippen LogP contribution in [0.1, 0.15) is 36.2 Å². The number of sulfonamides is 1. The molecule has 128 valence electrons. The average Bonchev–Trinajstić information content (AvgIpc) is 2.55. The smallest absolute Gasteiger partial charge is 0.255 e. The molecular weight excluding hydrogens is 324 g/mol. The molecule has 2 N–H and O–H groups in total. The lowest BCUT2D eigenvalue weighted by molar-refractivity contribution is 0.102. The lowest BCUT2D eigenvalue weighted by atomic mass is 10.1. The number of anilines is 1. The second-order valence-electron chi connectivity index (χ2n) is 5.72. The summed E-state index contributed by atoms with van der Waals surface area (Å²) in [5, 5.41) is 2.78. The Bertz CT molecular complexity index is 814. The molecule has 0 saturated heterocycles. The molecule has 0 aliphatic rings. The van der Waals surface area contributed by atoms with E-state index < -0.39 is 10.0 Å². The first-order valence-electron chi connectivity index (χ1n) is 7.83. The minimum Gasteiger partial charge on any atom is -0.322 e. The van der Waals surface area contributed by atoms with E-state index in [4.69, 9.17) is 0 Å². The van der Waals surface area contributed by atoms with Crippen LogP contribution in [0.5, 0.6) is 0 Å². The van der Waals surface area contributed by atoms with Crippen LogP contribution in [0.3, 0.4) is 0 Å². The third-order valence-electron chi connectivity index (χ3n) is 3.78. The van der Waals surface area contributed by atoms with Gasteiger partial charge in [-0.05, 0) is 56.2 Å². The molecular formula is C18H22N2O3S. The molecule has 1 atom stereocenters. The second-order valence-corrected chi connectivity index (χ2v) is 7.44. The molecule has 0 aliphatic carbocycles. The highest BCUT2D eigenvalue weighted by atomic mass is 32.2. The Kier molecular flexibility index (Phi) is 5.75. The zero-order valence-corrected chi connectivity index (χ0v) is 14.9. The number of benzene rings is 2. The van der Waals surface area contributed by atoms with Crippen LogP contribution in [0, 0.1) is 6.92 Å². The highest BCUT2D eigenvalue weighted by Crippen LogP contribution is 2.16. The van der Waals surface area contributed by atoms with Crippen LogP contribution in [-0.2, 0) is 10.0 Å². The second kappa shape index (κ2) is 7.59. The van der Waals surface area contributed by atoms with E-state index in [1.807, 2.05) is 32.9 Å². The third kappa shape index (κ3) is 4.43. The highest BCUT2D eigenvalue weighted by Gasteiger charge is 2.16. The summed E-state index contributed by atoms with van der Waals surface area (Å²) in [4.78, 5) is 12.4. The third-order valence-corrected chi connectivity index (χ3v) is 5.39. The van der Waals surface area contributed by atoms with E-state index in [1.54, 1.807) is 24.3 Å². The van der Waals surface area contributed by atoms with Crippen LogP contribution >= 0.6 is 0 Å². The molecule has 0 radical (unpaired) electrons. The first-order valence-corrected chi connectivity index (χ1v) is 9.31. The number of aryl methyl sites for hydroxylation is 1. The van der Waals surface area contributed by atoms with E-state index in [0.29, 0.717) is 17.7 Å². The lowest BCUT2D eigenvalue weighted by Gasteiger charge is -2.12. The first-order chi connectivity index (χ1) is 11.3. The summed E-state index contributed by atoms with van der Waals surface area (Å²) in [5.74, 6) is -0.221. The minimum atomic E-state index is -3.54. The van der Waals surface area contributed by atoms with Crippen molar-refractivity contribution in [3.05, 3.63) is 59.7 Å². The number of carbonyl (C=O) groups excluding carboxylic acids is 1. The van der Waals surface area contributed by atoms with Gasteiger partial charge in [-0.15, -0.1) is 0 Å². The fourth-order valence-corrected chi connectivity index (χ4v) is 3.49. The van der Waals surface area contributed by atoms with Gasteiger partial charge >= 0.3 is 0 Å². The van der Waals surface area contributed by atoms with E-state index in [1.165, 1.54) is 12.1 Å². The lowest BCUT2D eigenvalue weighted by Crippen LogP contribution is -2.31. The molecule has 0 spiro atoms. The Morgan fingerprint density at radius 2 is 1.71 bits per heavy atom. The van der Waals surface area contributed by atoms with Crippen molar-refractivity contribution < 1.29 is 13.2 Å². The van der Waals surface area contributed by atoms with Crippen LogP contribution in [0.4, 0.5) is 5.69 Å². The van der Waals surface area contributed by atoms with E-state index >= 15 is 0 Å². The van der Waals surface area contributed by atoms with Gasteiger partial charge in [0.05, 0.1) is 4.90 Å². The molecule has 2 rings (SSSR count). The number of nitrogens with one attached hydrogen (secondary N) is 2. The van der Waals surface area contributed by atoms with Gasteiger partial charge in [-0.1, -0.05) is 25.1 Å². The van der Waals surface area contributed by atoms with Gasteiger partial charge in [0.25, 0.3) is 5.91 Å². The Morgan fingerprint density at radius 1 is 1.08 bits per heavy atom. The maximum Gasteiger partial charge on any atom is 0.255 e. The molecule has 0 heterocycles. The van der Waals surface area contributed by atoms with Gasteiger partial charge in [0.15, 0.2) is 0 Å². The zero-order valence-electron chi connectivity index (χ0n) is 14.0. The van der Waals surface area contributed by atoms with Crippen molar-refractivity contribution in [3.8, 4) is 0 Å². The summed E-state index contributed by atoms with van der Waals surface area (Å²) >= 11 is 0. The van der Waals surface area contributed by atoms with Crippen LogP contribution in [0.25, 0.3) is 0 Å². The quantitative estimate of drug-likeness (QED) is 0.842. The number of rotatable bonds is 6. The number of carbonyl (C=O) groups is 1. The zero-order chi connectivity index (χ0) is 17.7. The topological polar surface area (TPSA) is 75.3 Å². The standard InChI is InChI=1S/C18H22N2O3S/c1-4-14(3)20-24(22,23)16-11-9-15(10-12-16)19-18(21)17-8-6-5-7-13(17)2/h5-12,14,20H,4H2,1-3H3,(H,19,21). The van der Waals surface area contributed by atoms with Gasteiger partial charge in [-0.2, -0.15) is 0 Å². The molecule has 6 heteroatoms. The van der Waals surface area contributed by atoms with Crippen molar-refractivity contribution in [1.82, 2.24) is 4.72 Å². The summed E-state index contributed by atoms with van der Waals surface area (Å²) in [6.07, 6.45) is 0.712. The molecule has 0 aliphatic heterocycles. The van der Waals surface area contributed by atoms with Crippen LogP contribution in [-0.4, -0.2) is 20.4 Å². The maximum atomic E-state index is 12.3. The largest absolute Gasteiger partial charge is 0.322 e. The summed E-state index contributed by atoms with van der Waals surface area (Å²) < 4.78 is 27.0. The van der Waals surface area contributed by atoms with E-state index in [0.717, 1.165) is 5.56 Å². The molecule has 0 aromatic heterocycles. The molecule has 5 nitrogen and oxygen atoms in total. The van der Waals surface area contributed by atoms with Crippen molar-refractivity contribution in [3.63, 3.8) is 0 Å².